The van der Waals surface area contributed by atoms with Gasteiger partial charge in [-0.1, -0.05) is 52.3 Å². The summed E-state index contributed by atoms with van der Waals surface area (Å²) in [5, 5.41) is 0. The van der Waals surface area contributed by atoms with Crippen molar-refractivity contribution in [2.75, 3.05) is 0 Å². The lowest BCUT2D eigenvalue weighted by Gasteiger charge is -2.04. The summed E-state index contributed by atoms with van der Waals surface area (Å²) < 4.78 is 0. The summed E-state index contributed by atoms with van der Waals surface area (Å²) in [5.41, 5.74) is 0. The Morgan fingerprint density at radius 2 is 1.50 bits per heavy atom. The van der Waals surface area contributed by atoms with Crippen molar-refractivity contribution in [1.82, 2.24) is 0 Å². The van der Waals surface area contributed by atoms with Crippen molar-refractivity contribution in [3.05, 3.63) is 24.8 Å². The van der Waals surface area contributed by atoms with E-state index in [1.54, 1.807) is 0 Å². The minimum atomic E-state index is 0.764. The van der Waals surface area contributed by atoms with E-state index in [4.69, 9.17) is 0 Å². The summed E-state index contributed by atoms with van der Waals surface area (Å²) in [4.78, 5) is 0. The Labute approximate surface area is 91.1 Å². The van der Waals surface area contributed by atoms with Gasteiger partial charge < -0.3 is 0 Å². The molecule has 0 saturated carbocycles. The summed E-state index contributed by atoms with van der Waals surface area (Å²) in [6.07, 6.45) is 12.6. The number of allylic oxidation sites excluding steroid dienone is 3. The molecule has 0 heteroatoms. The molecule has 0 aliphatic rings. The molecule has 1 atom stereocenters. The van der Waals surface area contributed by atoms with Gasteiger partial charge in [-0.05, 0) is 31.6 Å². The molecule has 0 amide bonds. The molecule has 0 fully saturated rings. The number of rotatable bonds is 6. The third kappa shape index (κ3) is 14.0. The first kappa shape index (κ1) is 15.9. The highest BCUT2D eigenvalue weighted by Gasteiger charge is 1.95. The molecule has 0 rings (SSSR count). The first-order valence-corrected chi connectivity index (χ1v) is 6.04. The topological polar surface area (TPSA) is 0 Å². The lowest BCUT2D eigenvalue weighted by Crippen LogP contribution is -1.90. The predicted octanol–water partition coefficient (Wildman–Crippen LogP) is 5.36. The van der Waals surface area contributed by atoms with Crippen LogP contribution in [0.25, 0.3) is 0 Å². The average molecular weight is 196 g/mol. The molecule has 0 aromatic heterocycles. The molecule has 1 unspecified atom stereocenters. The van der Waals surface area contributed by atoms with Gasteiger partial charge in [0.25, 0.3) is 0 Å². The Morgan fingerprint density at radius 3 is 1.64 bits per heavy atom. The van der Waals surface area contributed by atoms with E-state index in [2.05, 4.69) is 52.5 Å². The third-order valence-corrected chi connectivity index (χ3v) is 2.16. The van der Waals surface area contributed by atoms with Crippen LogP contribution in [0.1, 0.15) is 59.8 Å². The zero-order valence-electron chi connectivity index (χ0n) is 10.6. The summed E-state index contributed by atoms with van der Waals surface area (Å²) in [6.45, 7) is 12.5. The molecule has 0 radical (unpaired) electrons. The average Bonchev–Trinajstić information content (AvgIpc) is 2.24. The molecule has 0 heterocycles. The zero-order chi connectivity index (χ0) is 11.2. The highest BCUT2D eigenvalue weighted by Crippen LogP contribution is 2.10. The second-order valence-electron chi connectivity index (χ2n) is 3.48. The predicted molar refractivity (Wildman–Crippen MR) is 68.6 cm³/mol. The second-order valence-corrected chi connectivity index (χ2v) is 3.48. The van der Waals surface area contributed by atoms with Crippen LogP contribution in [0, 0.1) is 5.92 Å². The molecular formula is C14H28. The fourth-order valence-corrected chi connectivity index (χ4v) is 1.19. The van der Waals surface area contributed by atoms with Gasteiger partial charge in [-0.2, -0.15) is 0 Å². The quantitative estimate of drug-likeness (QED) is 0.502. The van der Waals surface area contributed by atoms with Crippen LogP contribution in [0.4, 0.5) is 0 Å². The lowest BCUT2D eigenvalue weighted by molar-refractivity contribution is 0.564. The van der Waals surface area contributed by atoms with Crippen molar-refractivity contribution in [1.29, 1.82) is 0 Å². The minimum Gasteiger partial charge on any atom is -0.103 e. The fourth-order valence-electron chi connectivity index (χ4n) is 1.19. The van der Waals surface area contributed by atoms with Crippen LogP contribution in [0.3, 0.4) is 0 Å². The van der Waals surface area contributed by atoms with Crippen molar-refractivity contribution in [3.8, 4) is 0 Å². The molecule has 0 N–H and O–H groups in total. The lowest BCUT2D eigenvalue weighted by atomic mass is 10.0. The Hall–Kier alpha value is -0.520. The zero-order valence-corrected chi connectivity index (χ0v) is 10.6. The van der Waals surface area contributed by atoms with Gasteiger partial charge >= 0.3 is 0 Å². The molecule has 0 aliphatic heterocycles. The first-order valence-electron chi connectivity index (χ1n) is 6.04. The molecule has 0 bridgehead atoms. The standard InChI is InChI=1S/C8H16.C6H12/c1-4-7-8(5-2)6-3;1-3-5-6-4-2/h5,8H,2,4,6-7H2,1,3H3;5-6H,3-4H2,1-2H3/b;6-5+. The van der Waals surface area contributed by atoms with Crippen LogP contribution in [-0.4, -0.2) is 0 Å². The molecule has 0 saturated heterocycles. The maximum Gasteiger partial charge on any atom is -0.0239 e. The minimum absolute atomic E-state index is 0.764. The number of hydrogen-bond donors (Lipinski definition) is 0. The molecule has 0 aliphatic carbocycles. The monoisotopic (exact) mass is 196 g/mol. The summed E-state index contributed by atoms with van der Waals surface area (Å²) in [6, 6.07) is 0. The Kier molecular flexibility index (Phi) is 17.0. The van der Waals surface area contributed by atoms with Gasteiger partial charge in [0.05, 0.1) is 0 Å². The van der Waals surface area contributed by atoms with Crippen LogP contribution < -0.4 is 0 Å². The van der Waals surface area contributed by atoms with E-state index in [-0.39, 0.29) is 0 Å². The highest BCUT2D eigenvalue weighted by atomic mass is 14.0. The molecule has 0 aromatic carbocycles. The van der Waals surface area contributed by atoms with Crippen LogP contribution in [0.5, 0.6) is 0 Å². The maximum absolute atomic E-state index is 3.75. The molecule has 0 spiro atoms. The summed E-state index contributed by atoms with van der Waals surface area (Å²) >= 11 is 0. The van der Waals surface area contributed by atoms with Crippen molar-refractivity contribution in [2.45, 2.75) is 59.8 Å². The van der Waals surface area contributed by atoms with Gasteiger partial charge in [-0.25, -0.2) is 0 Å². The van der Waals surface area contributed by atoms with Gasteiger partial charge in [0.15, 0.2) is 0 Å². The third-order valence-electron chi connectivity index (χ3n) is 2.16. The van der Waals surface area contributed by atoms with Crippen molar-refractivity contribution >= 4 is 0 Å². The largest absolute Gasteiger partial charge is 0.103 e. The normalized spacial score (nSPS) is 12.0. The summed E-state index contributed by atoms with van der Waals surface area (Å²) in [7, 11) is 0. The van der Waals surface area contributed by atoms with Gasteiger partial charge in [-0.3, -0.25) is 0 Å². The smallest absolute Gasteiger partial charge is 0.0239 e. The van der Waals surface area contributed by atoms with Gasteiger partial charge in [0, 0.05) is 0 Å². The van der Waals surface area contributed by atoms with Gasteiger partial charge in [-0.15, -0.1) is 6.58 Å². The van der Waals surface area contributed by atoms with E-state index in [0.717, 1.165) is 5.92 Å². The van der Waals surface area contributed by atoms with E-state index in [1.807, 2.05) is 0 Å². The van der Waals surface area contributed by atoms with E-state index in [9.17, 15) is 0 Å². The summed E-state index contributed by atoms with van der Waals surface area (Å²) in [5.74, 6) is 0.764. The molecule has 0 aromatic rings. The van der Waals surface area contributed by atoms with Crippen LogP contribution in [0.15, 0.2) is 24.8 Å². The molecule has 14 heavy (non-hydrogen) atoms. The Balaban J connectivity index is 0. The molecule has 0 nitrogen and oxygen atoms in total. The molecule has 84 valence electrons. The van der Waals surface area contributed by atoms with Gasteiger partial charge in [0.1, 0.15) is 0 Å². The van der Waals surface area contributed by atoms with E-state index in [0.29, 0.717) is 0 Å². The van der Waals surface area contributed by atoms with E-state index in [1.165, 1.54) is 32.1 Å². The van der Waals surface area contributed by atoms with E-state index < -0.39 is 0 Å². The fraction of sp³-hybridized carbons (Fsp3) is 0.714. The Morgan fingerprint density at radius 1 is 1.00 bits per heavy atom. The van der Waals surface area contributed by atoms with Crippen molar-refractivity contribution in [3.63, 3.8) is 0 Å². The molecular weight excluding hydrogens is 168 g/mol. The van der Waals surface area contributed by atoms with E-state index >= 15 is 0 Å². The van der Waals surface area contributed by atoms with Crippen LogP contribution in [-0.2, 0) is 0 Å². The maximum atomic E-state index is 3.75. The highest BCUT2D eigenvalue weighted by molar-refractivity contribution is 4.77. The van der Waals surface area contributed by atoms with Crippen molar-refractivity contribution < 1.29 is 0 Å². The van der Waals surface area contributed by atoms with Crippen LogP contribution >= 0.6 is 0 Å². The van der Waals surface area contributed by atoms with Crippen molar-refractivity contribution in [2.24, 2.45) is 5.92 Å². The first-order chi connectivity index (χ1) is 6.76. The Bertz CT molecular complexity index is 116. The second kappa shape index (κ2) is 15.0. The SMILES string of the molecule is C=CC(CC)CCC.CC/C=C/CC. The van der Waals surface area contributed by atoms with Gasteiger partial charge in [0.2, 0.25) is 0 Å². The van der Waals surface area contributed by atoms with Crippen LogP contribution in [0.2, 0.25) is 0 Å². The number of hydrogen-bond acceptors (Lipinski definition) is 0.